The Morgan fingerprint density at radius 1 is 1.20 bits per heavy atom. The summed E-state index contributed by atoms with van der Waals surface area (Å²) in [6.07, 6.45) is 0.750. The second kappa shape index (κ2) is 9.84. The molecule has 0 bridgehead atoms. The summed E-state index contributed by atoms with van der Waals surface area (Å²) in [5.41, 5.74) is 0. The standard InChI is InChI=1S/C19H24FNO4/c1-14(2)12-23-11-3-10-21-19(22)18-9-8-17(25-18)13-24-16-6-4-15(20)5-7-16/h4-9,14H,3,10-13H2,1-2H3,(H,21,22). The largest absolute Gasteiger partial charge is 0.486 e. The molecule has 1 aromatic carbocycles. The molecule has 0 aliphatic heterocycles. The Balaban J connectivity index is 1.69. The van der Waals surface area contributed by atoms with Crippen LogP contribution in [0.1, 0.15) is 36.6 Å². The molecule has 0 atom stereocenters. The van der Waals surface area contributed by atoms with Crippen molar-refractivity contribution in [2.24, 2.45) is 5.92 Å². The molecule has 0 fully saturated rings. The zero-order chi connectivity index (χ0) is 18.1. The van der Waals surface area contributed by atoms with Gasteiger partial charge in [-0.2, -0.15) is 0 Å². The lowest BCUT2D eigenvalue weighted by atomic mass is 10.2. The van der Waals surface area contributed by atoms with E-state index in [2.05, 4.69) is 19.2 Å². The molecule has 5 nitrogen and oxygen atoms in total. The van der Waals surface area contributed by atoms with Crippen molar-refractivity contribution < 1.29 is 23.1 Å². The minimum atomic E-state index is -0.320. The van der Waals surface area contributed by atoms with Gasteiger partial charge in [0.25, 0.3) is 5.91 Å². The average Bonchev–Trinajstić information content (AvgIpc) is 3.06. The lowest BCUT2D eigenvalue weighted by Gasteiger charge is -2.07. The Labute approximate surface area is 147 Å². The monoisotopic (exact) mass is 349 g/mol. The van der Waals surface area contributed by atoms with Crippen LogP contribution >= 0.6 is 0 Å². The molecule has 2 rings (SSSR count). The summed E-state index contributed by atoms with van der Waals surface area (Å²) < 4.78 is 29.2. The Hall–Kier alpha value is -2.34. The topological polar surface area (TPSA) is 60.7 Å². The molecule has 2 aromatic rings. The third-order valence-electron chi connectivity index (χ3n) is 3.28. The molecule has 6 heteroatoms. The Morgan fingerprint density at radius 3 is 2.68 bits per heavy atom. The van der Waals surface area contributed by atoms with Crippen LogP contribution in [0.2, 0.25) is 0 Å². The first kappa shape index (κ1) is 19.0. The van der Waals surface area contributed by atoms with Crippen molar-refractivity contribution in [3.63, 3.8) is 0 Å². The number of benzene rings is 1. The summed E-state index contributed by atoms with van der Waals surface area (Å²) in [6, 6.07) is 9.00. The molecule has 136 valence electrons. The summed E-state index contributed by atoms with van der Waals surface area (Å²) in [7, 11) is 0. The lowest BCUT2D eigenvalue weighted by Crippen LogP contribution is -2.25. The van der Waals surface area contributed by atoms with Gasteiger partial charge < -0.3 is 19.2 Å². The maximum atomic E-state index is 12.8. The number of carbonyl (C=O) groups is 1. The summed E-state index contributed by atoms with van der Waals surface area (Å²) in [5, 5.41) is 2.79. The number of halogens is 1. The predicted octanol–water partition coefficient (Wildman–Crippen LogP) is 3.79. The number of rotatable bonds is 10. The molecule has 1 aromatic heterocycles. The number of carbonyl (C=O) groups excluding carboxylic acids is 1. The smallest absolute Gasteiger partial charge is 0.286 e. The van der Waals surface area contributed by atoms with Crippen LogP contribution in [0, 0.1) is 11.7 Å². The van der Waals surface area contributed by atoms with Gasteiger partial charge in [0.2, 0.25) is 0 Å². The molecule has 0 aliphatic rings. The molecule has 25 heavy (non-hydrogen) atoms. The number of nitrogens with one attached hydrogen (secondary N) is 1. The van der Waals surface area contributed by atoms with Crippen LogP contribution in [-0.4, -0.2) is 25.7 Å². The van der Waals surface area contributed by atoms with E-state index in [1.807, 2.05) is 0 Å². The quantitative estimate of drug-likeness (QED) is 0.663. The molecule has 0 saturated heterocycles. The van der Waals surface area contributed by atoms with E-state index < -0.39 is 0 Å². The van der Waals surface area contributed by atoms with E-state index in [1.54, 1.807) is 12.1 Å². The minimum Gasteiger partial charge on any atom is -0.486 e. The van der Waals surface area contributed by atoms with Crippen LogP contribution in [0.5, 0.6) is 5.75 Å². The van der Waals surface area contributed by atoms with Gasteiger partial charge in [-0.1, -0.05) is 13.8 Å². The molecule has 1 heterocycles. The third-order valence-corrected chi connectivity index (χ3v) is 3.28. The van der Waals surface area contributed by atoms with Crippen molar-refractivity contribution in [3.8, 4) is 5.75 Å². The average molecular weight is 349 g/mol. The lowest BCUT2D eigenvalue weighted by molar-refractivity contribution is 0.0897. The van der Waals surface area contributed by atoms with Crippen molar-refractivity contribution in [1.29, 1.82) is 0 Å². The number of hydrogen-bond donors (Lipinski definition) is 1. The molecule has 1 amide bonds. The van der Waals surface area contributed by atoms with E-state index in [0.717, 1.165) is 13.0 Å². The number of hydrogen-bond acceptors (Lipinski definition) is 4. The van der Waals surface area contributed by atoms with Gasteiger partial charge in [0, 0.05) is 19.8 Å². The molecule has 0 spiro atoms. The maximum absolute atomic E-state index is 12.8. The van der Waals surface area contributed by atoms with Crippen LogP contribution in [0.3, 0.4) is 0 Å². The Kier molecular flexibility index (Phi) is 7.47. The van der Waals surface area contributed by atoms with Crippen molar-refractivity contribution in [1.82, 2.24) is 5.32 Å². The summed E-state index contributed by atoms with van der Waals surface area (Å²) in [4.78, 5) is 12.0. The zero-order valence-electron chi connectivity index (χ0n) is 14.6. The van der Waals surface area contributed by atoms with E-state index in [0.29, 0.717) is 30.6 Å². The first-order valence-electron chi connectivity index (χ1n) is 8.37. The SMILES string of the molecule is CC(C)COCCCNC(=O)c1ccc(COc2ccc(F)cc2)o1. The molecule has 0 unspecified atom stereocenters. The van der Waals surface area contributed by atoms with Crippen LogP contribution in [0.15, 0.2) is 40.8 Å². The molecular formula is C19H24FNO4. The predicted molar refractivity (Wildman–Crippen MR) is 92.0 cm³/mol. The minimum absolute atomic E-state index is 0.169. The van der Waals surface area contributed by atoms with Crippen molar-refractivity contribution in [2.45, 2.75) is 26.9 Å². The molecular weight excluding hydrogens is 325 g/mol. The Morgan fingerprint density at radius 2 is 1.96 bits per heavy atom. The molecule has 0 saturated carbocycles. The summed E-state index contributed by atoms with van der Waals surface area (Å²) in [6.45, 7) is 6.23. The second-order valence-electron chi connectivity index (χ2n) is 6.09. The van der Waals surface area contributed by atoms with Gasteiger partial charge in [-0.25, -0.2) is 4.39 Å². The van der Waals surface area contributed by atoms with E-state index in [1.165, 1.54) is 24.3 Å². The number of amides is 1. The maximum Gasteiger partial charge on any atom is 0.286 e. The zero-order valence-corrected chi connectivity index (χ0v) is 14.6. The van der Waals surface area contributed by atoms with Crippen LogP contribution in [-0.2, 0) is 11.3 Å². The highest BCUT2D eigenvalue weighted by atomic mass is 19.1. The van der Waals surface area contributed by atoms with Crippen LogP contribution < -0.4 is 10.1 Å². The highest BCUT2D eigenvalue weighted by molar-refractivity contribution is 5.91. The van der Waals surface area contributed by atoms with Crippen molar-refractivity contribution in [3.05, 3.63) is 53.7 Å². The van der Waals surface area contributed by atoms with Crippen molar-refractivity contribution >= 4 is 5.91 Å². The van der Waals surface area contributed by atoms with Gasteiger partial charge in [0.05, 0.1) is 0 Å². The second-order valence-corrected chi connectivity index (χ2v) is 6.09. The highest BCUT2D eigenvalue weighted by Crippen LogP contribution is 2.15. The van der Waals surface area contributed by atoms with Gasteiger partial charge in [0.1, 0.15) is 23.9 Å². The summed E-state index contributed by atoms with van der Waals surface area (Å²) >= 11 is 0. The fraction of sp³-hybridized carbons (Fsp3) is 0.421. The fourth-order valence-electron chi connectivity index (χ4n) is 2.05. The van der Waals surface area contributed by atoms with Gasteiger partial charge in [-0.05, 0) is 48.7 Å². The van der Waals surface area contributed by atoms with Gasteiger partial charge in [0.15, 0.2) is 5.76 Å². The van der Waals surface area contributed by atoms with Gasteiger partial charge >= 0.3 is 0 Å². The summed E-state index contributed by atoms with van der Waals surface area (Å²) in [5.74, 6) is 1.21. The van der Waals surface area contributed by atoms with Gasteiger partial charge in [-0.3, -0.25) is 4.79 Å². The van der Waals surface area contributed by atoms with E-state index in [9.17, 15) is 9.18 Å². The fourth-order valence-corrected chi connectivity index (χ4v) is 2.05. The molecule has 0 radical (unpaired) electrons. The van der Waals surface area contributed by atoms with E-state index in [4.69, 9.17) is 13.9 Å². The van der Waals surface area contributed by atoms with Crippen molar-refractivity contribution in [2.75, 3.05) is 19.8 Å². The molecule has 0 aliphatic carbocycles. The Bertz CT molecular complexity index is 652. The highest BCUT2D eigenvalue weighted by Gasteiger charge is 2.11. The first-order chi connectivity index (χ1) is 12.0. The van der Waals surface area contributed by atoms with Crippen LogP contribution in [0.25, 0.3) is 0 Å². The van der Waals surface area contributed by atoms with Gasteiger partial charge in [-0.15, -0.1) is 0 Å². The third kappa shape index (κ3) is 6.97. The normalized spacial score (nSPS) is 10.9. The first-order valence-corrected chi connectivity index (χ1v) is 8.37. The number of ether oxygens (including phenoxy) is 2. The number of furan rings is 1. The molecule has 1 N–H and O–H groups in total. The van der Waals surface area contributed by atoms with E-state index in [-0.39, 0.29) is 24.1 Å². The van der Waals surface area contributed by atoms with Crippen LogP contribution in [0.4, 0.5) is 4.39 Å². The van der Waals surface area contributed by atoms with E-state index >= 15 is 0 Å².